The molecule has 0 aliphatic carbocycles. The topological polar surface area (TPSA) is 58.4 Å². The van der Waals surface area contributed by atoms with Gasteiger partial charge in [-0.15, -0.1) is 0 Å². The number of aliphatic hydroxyl groups excluding tert-OH is 1. The molecule has 0 spiro atoms. The summed E-state index contributed by atoms with van der Waals surface area (Å²) in [4.78, 5) is 14.4. The van der Waals surface area contributed by atoms with E-state index in [0.717, 1.165) is 12.0 Å². The SMILES string of the molecule is Cn1cc(C[C@@H]2[C@@H](O)CCN2C(=O)CCc2ccccc2)cn1. The van der Waals surface area contributed by atoms with E-state index in [-0.39, 0.29) is 11.9 Å². The van der Waals surface area contributed by atoms with Crippen LogP contribution in [0.4, 0.5) is 0 Å². The first kappa shape index (κ1) is 15.7. The molecule has 1 aliphatic heterocycles. The summed E-state index contributed by atoms with van der Waals surface area (Å²) in [7, 11) is 1.87. The van der Waals surface area contributed by atoms with Crippen molar-refractivity contribution < 1.29 is 9.90 Å². The Kier molecular flexibility index (Phi) is 4.76. The van der Waals surface area contributed by atoms with E-state index in [2.05, 4.69) is 5.10 Å². The Morgan fingerprint density at radius 1 is 1.30 bits per heavy atom. The molecule has 1 N–H and O–H groups in total. The lowest BCUT2D eigenvalue weighted by Gasteiger charge is -2.26. The van der Waals surface area contributed by atoms with Gasteiger partial charge in [0.05, 0.1) is 18.3 Å². The fourth-order valence-electron chi connectivity index (χ4n) is 3.25. The summed E-state index contributed by atoms with van der Waals surface area (Å²) in [6.07, 6.45) is 5.84. The molecule has 23 heavy (non-hydrogen) atoms. The lowest BCUT2D eigenvalue weighted by Crippen LogP contribution is -2.41. The molecule has 1 saturated heterocycles. The van der Waals surface area contributed by atoms with E-state index in [1.165, 1.54) is 5.56 Å². The first-order valence-electron chi connectivity index (χ1n) is 8.12. The highest BCUT2D eigenvalue weighted by molar-refractivity contribution is 5.77. The number of nitrogens with zero attached hydrogens (tertiary/aromatic N) is 3. The van der Waals surface area contributed by atoms with Gasteiger partial charge in [0.25, 0.3) is 0 Å². The fourth-order valence-corrected chi connectivity index (χ4v) is 3.25. The second-order valence-corrected chi connectivity index (χ2v) is 6.22. The van der Waals surface area contributed by atoms with Crippen molar-refractivity contribution in [3.63, 3.8) is 0 Å². The molecule has 1 amide bonds. The Bertz CT molecular complexity index is 653. The van der Waals surface area contributed by atoms with E-state index in [1.807, 2.05) is 48.5 Å². The maximum absolute atomic E-state index is 12.6. The van der Waals surface area contributed by atoms with Gasteiger partial charge in [0.2, 0.25) is 5.91 Å². The Morgan fingerprint density at radius 3 is 2.78 bits per heavy atom. The molecule has 122 valence electrons. The third-order valence-electron chi connectivity index (χ3n) is 4.50. The second-order valence-electron chi connectivity index (χ2n) is 6.22. The number of aryl methyl sites for hydroxylation is 2. The van der Waals surface area contributed by atoms with Crippen molar-refractivity contribution in [2.45, 2.75) is 37.8 Å². The number of aromatic nitrogens is 2. The highest BCUT2D eigenvalue weighted by Crippen LogP contribution is 2.23. The van der Waals surface area contributed by atoms with Gasteiger partial charge in [-0.2, -0.15) is 5.10 Å². The number of rotatable bonds is 5. The van der Waals surface area contributed by atoms with Crippen LogP contribution in [0.3, 0.4) is 0 Å². The highest BCUT2D eigenvalue weighted by Gasteiger charge is 2.35. The third kappa shape index (κ3) is 3.79. The molecule has 3 rings (SSSR count). The van der Waals surface area contributed by atoms with Crippen LogP contribution in [0.1, 0.15) is 24.0 Å². The number of carbonyl (C=O) groups excluding carboxylic acids is 1. The maximum atomic E-state index is 12.6. The third-order valence-corrected chi connectivity index (χ3v) is 4.50. The number of amides is 1. The van der Waals surface area contributed by atoms with Gasteiger partial charge in [0.1, 0.15) is 0 Å². The van der Waals surface area contributed by atoms with Crippen molar-refractivity contribution in [1.29, 1.82) is 0 Å². The molecule has 5 nitrogen and oxygen atoms in total. The predicted molar refractivity (Wildman–Crippen MR) is 87.8 cm³/mol. The first-order valence-corrected chi connectivity index (χ1v) is 8.12. The van der Waals surface area contributed by atoms with Gasteiger partial charge >= 0.3 is 0 Å². The minimum atomic E-state index is -0.448. The second kappa shape index (κ2) is 6.96. The van der Waals surface area contributed by atoms with Crippen LogP contribution in [0.15, 0.2) is 42.7 Å². The number of aliphatic hydroxyl groups is 1. The zero-order valence-corrected chi connectivity index (χ0v) is 13.4. The summed E-state index contributed by atoms with van der Waals surface area (Å²) in [5.41, 5.74) is 2.23. The molecule has 2 atom stereocenters. The zero-order chi connectivity index (χ0) is 16.2. The Hall–Kier alpha value is -2.14. The van der Waals surface area contributed by atoms with E-state index in [1.54, 1.807) is 10.9 Å². The minimum absolute atomic E-state index is 0.124. The van der Waals surface area contributed by atoms with E-state index >= 15 is 0 Å². The molecule has 1 aliphatic rings. The number of likely N-dealkylation sites (tertiary alicyclic amines) is 1. The van der Waals surface area contributed by atoms with Crippen LogP contribution in [-0.4, -0.2) is 44.4 Å². The van der Waals surface area contributed by atoms with Gasteiger partial charge < -0.3 is 10.0 Å². The Morgan fingerprint density at radius 2 is 2.09 bits per heavy atom. The van der Waals surface area contributed by atoms with Crippen molar-refractivity contribution in [1.82, 2.24) is 14.7 Å². The van der Waals surface area contributed by atoms with Crippen molar-refractivity contribution in [2.75, 3.05) is 6.54 Å². The maximum Gasteiger partial charge on any atom is 0.223 e. The fraction of sp³-hybridized carbons (Fsp3) is 0.444. The van der Waals surface area contributed by atoms with E-state index < -0.39 is 6.10 Å². The van der Waals surface area contributed by atoms with Gasteiger partial charge in [-0.25, -0.2) is 0 Å². The minimum Gasteiger partial charge on any atom is -0.391 e. The molecule has 2 heterocycles. The average molecular weight is 313 g/mol. The van der Waals surface area contributed by atoms with E-state index in [4.69, 9.17) is 0 Å². The van der Waals surface area contributed by atoms with Crippen LogP contribution in [0.2, 0.25) is 0 Å². The summed E-state index contributed by atoms with van der Waals surface area (Å²) in [6.45, 7) is 0.639. The molecule has 0 bridgehead atoms. The molecule has 5 heteroatoms. The van der Waals surface area contributed by atoms with Crippen LogP contribution in [-0.2, 0) is 24.7 Å². The summed E-state index contributed by atoms with van der Waals surface area (Å²) in [5, 5.41) is 14.4. The van der Waals surface area contributed by atoms with Crippen molar-refractivity contribution >= 4 is 5.91 Å². The van der Waals surface area contributed by atoms with E-state index in [0.29, 0.717) is 25.8 Å². The van der Waals surface area contributed by atoms with Gasteiger partial charge in [-0.1, -0.05) is 30.3 Å². The molecule has 0 unspecified atom stereocenters. The Balaban J connectivity index is 1.61. The molecule has 0 saturated carbocycles. The smallest absolute Gasteiger partial charge is 0.223 e. The van der Waals surface area contributed by atoms with E-state index in [9.17, 15) is 9.90 Å². The van der Waals surface area contributed by atoms with Crippen LogP contribution in [0, 0.1) is 0 Å². The summed E-state index contributed by atoms with van der Waals surface area (Å²) in [5.74, 6) is 0.124. The highest BCUT2D eigenvalue weighted by atomic mass is 16.3. The van der Waals surface area contributed by atoms with Crippen LogP contribution >= 0.6 is 0 Å². The molecule has 1 aromatic heterocycles. The monoisotopic (exact) mass is 313 g/mol. The standard InChI is InChI=1S/C18H23N3O2/c1-20-13-15(12-19-20)11-16-17(22)9-10-21(16)18(23)8-7-14-5-3-2-4-6-14/h2-6,12-13,16-17,22H,7-11H2,1H3/t16-,17+/m1/s1. The number of carbonyl (C=O) groups is 1. The first-order chi connectivity index (χ1) is 11.1. The average Bonchev–Trinajstić information content (AvgIpc) is 3.13. The summed E-state index contributed by atoms with van der Waals surface area (Å²) >= 11 is 0. The normalized spacial score (nSPS) is 20.9. The molecule has 2 aromatic rings. The molecular formula is C18H23N3O2. The number of hydrogen-bond donors (Lipinski definition) is 1. The predicted octanol–water partition coefficient (Wildman–Crippen LogP) is 1.56. The number of hydrogen-bond acceptors (Lipinski definition) is 3. The van der Waals surface area contributed by atoms with Crippen molar-refractivity contribution in [3.05, 3.63) is 53.9 Å². The van der Waals surface area contributed by atoms with Crippen LogP contribution < -0.4 is 0 Å². The van der Waals surface area contributed by atoms with Crippen molar-refractivity contribution in [3.8, 4) is 0 Å². The van der Waals surface area contributed by atoms with Gasteiger partial charge in [0, 0.05) is 26.2 Å². The summed E-state index contributed by atoms with van der Waals surface area (Å²) < 4.78 is 1.75. The van der Waals surface area contributed by atoms with Crippen LogP contribution in [0.5, 0.6) is 0 Å². The largest absolute Gasteiger partial charge is 0.391 e. The molecular weight excluding hydrogens is 290 g/mol. The lowest BCUT2D eigenvalue weighted by atomic mass is 10.0. The van der Waals surface area contributed by atoms with Crippen LogP contribution in [0.25, 0.3) is 0 Å². The molecule has 1 aromatic carbocycles. The van der Waals surface area contributed by atoms with Gasteiger partial charge in [-0.05, 0) is 30.4 Å². The van der Waals surface area contributed by atoms with Gasteiger partial charge in [-0.3, -0.25) is 9.48 Å². The molecule has 1 fully saturated rings. The molecule has 0 radical (unpaired) electrons. The lowest BCUT2D eigenvalue weighted by molar-refractivity contribution is -0.132. The summed E-state index contributed by atoms with van der Waals surface area (Å²) in [6, 6.07) is 9.90. The number of benzene rings is 1. The van der Waals surface area contributed by atoms with Crippen molar-refractivity contribution in [2.24, 2.45) is 7.05 Å². The Labute approximate surface area is 136 Å². The zero-order valence-electron chi connectivity index (χ0n) is 13.4. The van der Waals surface area contributed by atoms with Gasteiger partial charge in [0.15, 0.2) is 0 Å². The quantitative estimate of drug-likeness (QED) is 0.911.